The van der Waals surface area contributed by atoms with E-state index in [1.165, 1.54) is 10.9 Å². The molecule has 0 aliphatic heterocycles. The van der Waals surface area contributed by atoms with Gasteiger partial charge in [-0.2, -0.15) is 9.78 Å². The highest BCUT2D eigenvalue weighted by molar-refractivity contribution is 5.94. The van der Waals surface area contributed by atoms with E-state index in [4.69, 9.17) is 5.73 Å². The highest BCUT2D eigenvalue weighted by atomic mass is 16.6. The molecule has 0 spiro atoms. The van der Waals surface area contributed by atoms with Gasteiger partial charge in [0.05, 0.1) is 6.21 Å². The zero-order valence-electron chi connectivity index (χ0n) is 15.5. The second-order valence-electron chi connectivity index (χ2n) is 5.72. The van der Waals surface area contributed by atoms with Crippen molar-refractivity contribution in [1.29, 1.82) is 0 Å². The number of nitrogens with two attached hydrogens (primary N) is 1. The largest absolute Gasteiger partial charge is 0.378 e. The molecule has 28 heavy (non-hydrogen) atoms. The van der Waals surface area contributed by atoms with E-state index in [9.17, 15) is 4.79 Å². The van der Waals surface area contributed by atoms with Gasteiger partial charge < -0.3 is 5.73 Å². The fraction of sp³-hybridized carbons (Fsp3) is 0.312. The first-order valence-corrected chi connectivity index (χ1v) is 8.62. The Kier molecular flexibility index (Phi) is 6.01. The summed E-state index contributed by atoms with van der Waals surface area (Å²) < 4.78 is 5.81. The van der Waals surface area contributed by atoms with E-state index in [0.717, 1.165) is 18.7 Å². The molecular weight excluding hydrogens is 364 g/mol. The summed E-state index contributed by atoms with van der Waals surface area (Å²) in [6.07, 6.45) is 4.75. The molecule has 0 unspecified atom stereocenters. The van der Waals surface area contributed by atoms with Gasteiger partial charge in [0.25, 0.3) is 5.91 Å². The summed E-state index contributed by atoms with van der Waals surface area (Å²) >= 11 is 0. The maximum absolute atomic E-state index is 12.8. The molecule has 0 aliphatic rings. The van der Waals surface area contributed by atoms with Crippen LogP contribution in [0.1, 0.15) is 35.6 Å². The molecule has 3 N–H and O–H groups in total. The van der Waals surface area contributed by atoms with Crippen LogP contribution in [0.4, 0.5) is 5.82 Å². The Morgan fingerprint density at radius 1 is 1.39 bits per heavy atom. The van der Waals surface area contributed by atoms with Crippen molar-refractivity contribution in [2.75, 3.05) is 18.8 Å². The lowest BCUT2D eigenvalue weighted by atomic mass is 10.2. The van der Waals surface area contributed by atoms with Crippen molar-refractivity contribution in [2.24, 2.45) is 5.10 Å². The van der Waals surface area contributed by atoms with Gasteiger partial charge in [0.1, 0.15) is 5.69 Å². The molecule has 0 aromatic carbocycles. The molecule has 1 amide bonds. The fourth-order valence-electron chi connectivity index (χ4n) is 2.46. The second-order valence-corrected chi connectivity index (χ2v) is 5.72. The summed E-state index contributed by atoms with van der Waals surface area (Å²) in [4.78, 5) is 18.9. The van der Waals surface area contributed by atoms with Crippen LogP contribution in [0.15, 0.2) is 34.3 Å². The number of nitrogens with one attached hydrogen (secondary N) is 1. The van der Waals surface area contributed by atoms with Crippen LogP contribution in [0.25, 0.3) is 5.82 Å². The van der Waals surface area contributed by atoms with E-state index in [1.807, 2.05) is 19.9 Å². The van der Waals surface area contributed by atoms with E-state index < -0.39 is 5.91 Å². The molecule has 3 rings (SSSR count). The van der Waals surface area contributed by atoms with Crippen LogP contribution in [0, 0.1) is 0 Å². The summed E-state index contributed by atoms with van der Waals surface area (Å²) in [6.45, 7) is 6.04. The van der Waals surface area contributed by atoms with Gasteiger partial charge in [-0.15, -0.1) is 5.10 Å². The number of hydrogen-bond donors (Lipinski definition) is 2. The third kappa shape index (κ3) is 4.17. The molecule has 3 aromatic rings. The van der Waals surface area contributed by atoms with E-state index in [2.05, 4.69) is 45.7 Å². The topological polar surface area (TPSA) is 153 Å². The maximum atomic E-state index is 12.8. The highest BCUT2D eigenvalue weighted by Gasteiger charge is 2.25. The molecule has 3 aromatic heterocycles. The molecule has 146 valence electrons. The van der Waals surface area contributed by atoms with E-state index in [-0.39, 0.29) is 17.3 Å². The number of carbonyl (C=O) groups excluding carboxylic acids is 1. The third-order valence-corrected chi connectivity index (χ3v) is 3.98. The first-order chi connectivity index (χ1) is 13.6. The summed E-state index contributed by atoms with van der Waals surface area (Å²) in [5, 5.41) is 19.3. The number of hydrogen-bond acceptors (Lipinski definition) is 10. The molecule has 0 aliphatic carbocycles. The molecule has 0 fully saturated rings. The van der Waals surface area contributed by atoms with E-state index >= 15 is 0 Å². The van der Waals surface area contributed by atoms with Gasteiger partial charge in [-0.3, -0.25) is 14.7 Å². The molecule has 3 heterocycles. The minimum Gasteiger partial charge on any atom is -0.378 e. The summed E-state index contributed by atoms with van der Waals surface area (Å²) in [5.41, 5.74) is 9.56. The molecule has 0 saturated heterocycles. The van der Waals surface area contributed by atoms with Gasteiger partial charge in [-0.05, 0) is 29.5 Å². The summed E-state index contributed by atoms with van der Waals surface area (Å²) in [7, 11) is 0. The van der Waals surface area contributed by atoms with Gasteiger partial charge in [0, 0.05) is 24.5 Å². The Bertz CT molecular complexity index is 946. The predicted molar refractivity (Wildman–Crippen MR) is 99.5 cm³/mol. The lowest BCUT2D eigenvalue weighted by Crippen LogP contribution is -2.27. The fourth-order valence-corrected chi connectivity index (χ4v) is 2.46. The zero-order chi connectivity index (χ0) is 19.9. The summed E-state index contributed by atoms with van der Waals surface area (Å²) in [5.74, 6) is -0.443. The summed E-state index contributed by atoms with van der Waals surface area (Å²) in [6, 6.07) is 3.58. The van der Waals surface area contributed by atoms with Crippen molar-refractivity contribution in [1.82, 2.24) is 40.6 Å². The monoisotopic (exact) mass is 384 g/mol. The molecule has 0 bridgehead atoms. The Morgan fingerprint density at radius 2 is 2.21 bits per heavy atom. The van der Waals surface area contributed by atoms with Crippen LogP contribution < -0.4 is 11.2 Å². The van der Waals surface area contributed by atoms with Crippen molar-refractivity contribution >= 4 is 17.9 Å². The molecule has 0 atom stereocenters. The molecule has 12 nitrogen and oxygen atoms in total. The first kappa shape index (κ1) is 19.1. The number of rotatable bonds is 8. The van der Waals surface area contributed by atoms with Crippen LogP contribution in [-0.4, -0.2) is 60.4 Å². The van der Waals surface area contributed by atoms with Crippen LogP contribution >= 0.6 is 0 Å². The number of carbonyl (C=O) groups is 1. The number of anilines is 1. The number of nitrogens with zero attached hydrogens (tertiary/aromatic N) is 8. The first-order valence-electron chi connectivity index (χ1n) is 8.62. The number of hydrazone groups is 1. The van der Waals surface area contributed by atoms with Crippen molar-refractivity contribution in [3.05, 3.63) is 41.5 Å². The predicted octanol–water partition coefficient (Wildman–Crippen LogP) is 0.233. The smallest absolute Gasteiger partial charge is 0.292 e. The lowest BCUT2D eigenvalue weighted by Gasteiger charge is -2.16. The van der Waals surface area contributed by atoms with Crippen LogP contribution in [0.2, 0.25) is 0 Å². The molecular formula is C16H20N10O2. The molecule has 12 heteroatoms. The van der Waals surface area contributed by atoms with Gasteiger partial charge in [-0.1, -0.05) is 25.1 Å². The Morgan fingerprint density at radius 3 is 2.86 bits per heavy atom. The Hall–Kier alpha value is -3.67. The van der Waals surface area contributed by atoms with Crippen molar-refractivity contribution in [3.8, 4) is 5.82 Å². The van der Waals surface area contributed by atoms with Crippen molar-refractivity contribution in [2.45, 2.75) is 20.4 Å². The van der Waals surface area contributed by atoms with Crippen molar-refractivity contribution in [3.63, 3.8) is 0 Å². The average molecular weight is 384 g/mol. The molecule has 0 radical (unpaired) electrons. The van der Waals surface area contributed by atoms with Gasteiger partial charge in [0.2, 0.25) is 11.6 Å². The van der Waals surface area contributed by atoms with Crippen LogP contribution in [0.3, 0.4) is 0 Å². The second kappa shape index (κ2) is 8.81. The Balaban J connectivity index is 1.89. The number of amides is 1. The van der Waals surface area contributed by atoms with E-state index in [1.54, 1.807) is 18.5 Å². The number of aromatic nitrogens is 6. The third-order valence-electron chi connectivity index (χ3n) is 3.98. The molecule has 0 saturated carbocycles. The number of nitrogen functional groups attached to an aromatic ring is 1. The Labute approximate surface area is 160 Å². The van der Waals surface area contributed by atoms with Gasteiger partial charge >= 0.3 is 0 Å². The van der Waals surface area contributed by atoms with Crippen molar-refractivity contribution < 1.29 is 9.42 Å². The van der Waals surface area contributed by atoms with Crippen LogP contribution in [0.5, 0.6) is 0 Å². The minimum absolute atomic E-state index is 0.00722. The highest BCUT2D eigenvalue weighted by Crippen LogP contribution is 2.17. The minimum atomic E-state index is -0.519. The van der Waals surface area contributed by atoms with Crippen LogP contribution in [-0.2, 0) is 6.54 Å². The maximum Gasteiger partial charge on any atom is 0.292 e. The number of pyridine rings is 1. The lowest BCUT2D eigenvalue weighted by molar-refractivity contribution is 0.0945. The normalized spacial score (nSPS) is 11.4. The standard InChI is InChI=1S/C16H20N10O2/c1-3-25(4-2)10-12-13(26(24-20-12)15-14(17)22-28-23-15)16(27)21-19-9-11-6-5-7-18-8-11/h5-9H,3-4,10H2,1-2H3,(H2,17,22)(H,21,27)/b19-9-. The quantitative estimate of drug-likeness (QED) is 0.410. The average Bonchev–Trinajstić information content (AvgIpc) is 3.32. The zero-order valence-corrected chi connectivity index (χ0v) is 15.5. The van der Waals surface area contributed by atoms with Gasteiger partial charge in [0.15, 0.2) is 5.69 Å². The SMILES string of the molecule is CCN(CC)Cc1nnn(-c2nonc2N)c1C(=O)N/N=C\c1cccnc1. The van der Waals surface area contributed by atoms with E-state index in [0.29, 0.717) is 12.2 Å². The van der Waals surface area contributed by atoms with Gasteiger partial charge in [-0.25, -0.2) is 10.1 Å².